The van der Waals surface area contributed by atoms with E-state index in [-0.39, 0.29) is 0 Å². The summed E-state index contributed by atoms with van der Waals surface area (Å²) in [6, 6.07) is 14.2. The Kier molecular flexibility index (Phi) is 2.63. The molecule has 0 aliphatic rings. The largest absolute Gasteiger partial charge is 0.252 e. The van der Waals surface area contributed by atoms with E-state index < -0.39 is 0 Å². The molecule has 0 amide bonds. The van der Waals surface area contributed by atoms with Crippen molar-refractivity contribution in [2.45, 2.75) is 0 Å². The second-order valence-corrected chi connectivity index (χ2v) is 6.31. The lowest BCUT2D eigenvalue weighted by molar-refractivity contribution is 1.19. The molecule has 23 heavy (non-hydrogen) atoms. The number of hydrogen-bond donors (Lipinski definition) is 0. The van der Waals surface area contributed by atoms with Crippen molar-refractivity contribution in [1.82, 2.24) is 19.9 Å². The number of pyridine rings is 2. The van der Waals surface area contributed by atoms with Gasteiger partial charge in [-0.1, -0.05) is 24.3 Å². The summed E-state index contributed by atoms with van der Waals surface area (Å²) in [5.41, 5.74) is 1.73. The third-order valence-corrected chi connectivity index (χ3v) is 4.89. The zero-order chi connectivity index (χ0) is 15.2. The van der Waals surface area contributed by atoms with E-state index in [0.717, 1.165) is 36.9 Å². The molecule has 0 aliphatic heterocycles. The second-order valence-electron chi connectivity index (χ2n) is 5.28. The molecule has 0 radical (unpaired) electrons. The van der Waals surface area contributed by atoms with Crippen LogP contribution < -0.4 is 0 Å². The van der Waals surface area contributed by atoms with Gasteiger partial charge >= 0.3 is 0 Å². The summed E-state index contributed by atoms with van der Waals surface area (Å²) in [4.78, 5) is 19.1. The van der Waals surface area contributed by atoms with Crippen LogP contribution in [0.15, 0.2) is 61.1 Å². The Morgan fingerprint density at radius 1 is 0.826 bits per heavy atom. The Hall–Kier alpha value is -2.92. The molecule has 0 saturated heterocycles. The van der Waals surface area contributed by atoms with E-state index in [0.29, 0.717) is 5.82 Å². The predicted octanol–water partition coefficient (Wildman–Crippen LogP) is 4.45. The molecule has 108 valence electrons. The molecular weight excluding hydrogens is 304 g/mol. The minimum Gasteiger partial charge on any atom is -0.252 e. The van der Waals surface area contributed by atoms with Gasteiger partial charge in [0.1, 0.15) is 10.5 Å². The molecule has 4 nitrogen and oxygen atoms in total. The molecule has 0 saturated carbocycles. The quantitative estimate of drug-likeness (QED) is 0.458. The highest BCUT2D eigenvalue weighted by Gasteiger charge is 2.11. The molecule has 5 heteroatoms. The van der Waals surface area contributed by atoms with Gasteiger partial charge in [0.25, 0.3) is 0 Å². The zero-order valence-corrected chi connectivity index (χ0v) is 12.8. The van der Waals surface area contributed by atoms with E-state index in [2.05, 4.69) is 21.0 Å². The maximum Gasteiger partial charge on any atom is 0.178 e. The van der Waals surface area contributed by atoms with Gasteiger partial charge in [0.15, 0.2) is 5.82 Å². The maximum atomic E-state index is 4.74. The first-order valence-corrected chi connectivity index (χ1v) is 8.05. The lowest BCUT2D eigenvalue weighted by Gasteiger charge is -2.02. The van der Waals surface area contributed by atoms with Crippen LogP contribution in [0.5, 0.6) is 0 Å². The summed E-state index contributed by atoms with van der Waals surface area (Å²) in [6.45, 7) is 0. The first-order valence-electron chi connectivity index (χ1n) is 7.24. The van der Waals surface area contributed by atoms with Gasteiger partial charge in [-0.05, 0) is 23.6 Å². The first-order chi connectivity index (χ1) is 11.4. The lowest BCUT2D eigenvalue weighted by atomic mass is 10.1. The minimum absolute atomic E-state index is 0.645. The third kappa shape index (κ3) is 1.98. The predicted molar refractivity (Wildman–Crippen MR) is 93.5 cm³/mol. The van der Waals surface area contributed by atoms with E-state index >= 15 is 0 Å². The van der Waals surface area contributed by atoms with E-state index in [1.165, 1.54) is 0 Å². The van der Waals surface area contributed by atoms with Crippen LogP contribution >= 0.6 is 11.3 Å². The molecule has 4 heterocycles. The summed E-state index contributed by atoms with van der Waals surface area (Å²) in [5, 5.41) is 3.32. The summed E-state index contributed by atoms with van der Waals surface area (Å²) >= 11 is 1.61. The van der Waals surface area contributed by atoms with Gasteiger partial charge in [-0.3, -0.25) is 4.98 Å². The van der Waals surface area contributed by atoms with Gasteiger partial charge in [0.05, 0.1) is 10.2 Å². The minimum atomic E-state index is 0.645. The van der Waals surface area contributed by atoms with Crippen LogP contribution in [0.4, 0.5) is 0 Å². The summed E-state index contributed by atoms with van der Waals surface area (Å²) in [5.74, 6) is 0.645. The number of fused-ring (bicyclic) bond motifs is 4. The lowest BCUT2D eigenvalue weighted by Crippen LogP contribution is -1.91. The Labute approximate surface area is 135 Å². The van der Waals surface area contributed by atoms with Gasteiger partial charge in [-0.15, -0.1) is 11.3 Å². The van der Waals surface area contributed by atoms with Gasteiger partial charge in [0.2, 0.25) is 0 Å². The smallest absolute Gasteiger partial charge is 0.178 e. The molecule has 5 aromatic rings. The Morgan fingerprint density at radius 3 is 2.70 bits per heavy atom. The van der Waals surface area contributed by atoms with Crippen molar-refractivity contribution in [1.29, 1.82) is 0 Å². The fourth-order valence-electron chi connectivity index (χ4n) is 2.72. The van der Waals surface area contributed by atoms with Crippen LogP contribution in [0.1, 0.15) is 0 Å². The summed E-state index contributed by atoms with van der Waals surface area (Å²) < 4.78 is 1.04. The third-order valence-electron chi connectivity index (χ3n) is 3.85. The molecule has 0 N–H and O–H groups in total. The van der Waals surface area contributed by atoms with Crippen LogP contribution in [0, 0.1) is 0 Å². The molecular formula is C18H10N4S. The number of hydrogen-bond acceptors (Lipinski definition) is 5. The van der Waals surface area contributed by atoms with Gasteiger partial charge in [-0.2, -0.15) is 0 Å². The monoisotopic (exact) mass is 314 g/mol. The van der Waals surface area contributed by atoms with Gasteiger partial charge < -0.3 is 0 Å². The van der Waals surface area contributed by atoms with Crippen molar-refractivity contribution in [2.24, 2.45) is 0 Å². The van der Waals surface area contributed by atoms with Gasteiger partial charge in [-0.25, -0.2) is 15.0 Å². The van der Waals surface area contributed by atoms with Crippen LogP contribution in [0.2, 0.25) is 0 Å². The van der Waals surface area contributed by atoms with Crippen LogP contribution in [0.25, 0.3) is 42.7 Å². The number of aromatic nitrogens is 4. The van der Waals surface area contributed by atoms with E-state index in [1.807, 2.05) is 48.8 Å². The van der Waals surface area contributed by atoms with Crippen molar-refractivity contribution in [3.05, 3.63) is 61.1 Å². The highest BCUT2D eigenvalue weighted by molar-refractivity contribution is 7.25. The van der Waals surface area contributed by atoms with Crippen molar-refractivity contribution in [3.8, 4) is 11.5 Å². The Bertz CT molecular complexity index is 1180. The molecule has 1 aromatic carbocycles. The molecule has 0 fully saturated rings. The topological polar surface area (TPSA) is 51.6 Å². The van der Waals surface area contributed by atoms with E-state index in [1.54, 1.807) is 17.5 Å². The van der Waals surface area contributed by atoms with Crippen molar-refractivity contribution in [3.63, 3.8) is 0 Å². The number of thiophene rings is 1. The maximum absolute atomic E-state index is 4.74. The van der Waals surface area contributed by atoms with Crippen LogP contribution in [0.3, 0.4) is 0 Å². The van der Waals surface area contributed by atoms with E-state index in [4.69, 9.17) is 4.98 Å². The molecule has 4 aromatic heterocycles. The highest BCUT2D eigenvalue weighted by Crippen LogP contribution is 2.31. The molecule has 0 aliphatic carbocycles. The average Bonchev–Trinajstić information content (AvgIpc) is 2.99. The Balaban J connectivity index is 1.76. The zero-order valence-electron chi connectivity index (χ0n) is 12.0. The van der Waals surface area contributed by atoms with Crippen molar-refractivity contribution in [2.75, 3.05) is 0 Å². The number of rotatable bonds is 1. The van der Waals surface area contributed by atoms with Crippen molar-refractivity contribution < 1.29 is 0 Å². The summed E-state index contributed by atoms with van der Waals surface area (Å²) in [7, 11) is 0. The standard InChI is InChI=1S/C18H10N4S/c1-2-5-12-9-20-14(8-11(12)4-1)17-21-10-15-16(22-17)13-6-3-7-19-18(13)23-15/h1-10H. The second kappa shape index (κ2) is 4.79. The SMILES string of the molecule is c1ccc2cc(-c3ncc4sc5ncccc5c4n3)ncc2c1. The van der Waals surface area contributed by atoms with Crippen LogP contribution in [-0.4, -0.2) is 19.9 Å². The number of benzene rings is 1. The fraction of sp³-hybridized carbons (Fsp3) is 0. The van der Waals surface area contributed by atoms with E-state index in [9.17, 15) is 0 Å². The number of nitrogens with zero attached hydrogens (tertiary/aromatic N) is 4. The summed E-state index contributed by atoms with van der Waals surface area (Å²) in [6.07, 6.45) is 5.53. The van der Waals surface area contributed by atoms with Crippen molar-refractivity contribution >= 4 is 42.5 Å². The first kappa shape index (κ1) is 12.6. The van der Waals surface area contributed by atoms with Crippen LogP contribution in [-0.2, 0) is 0 Å². The normalized spacial score (nSPS) is 11.5. The molecule has 0 unspecified atom stereocenters. The highest BCUT2D eigenvalue weighted by atomic mass is 32.1. The average molecular weight is 314 g/mol. The molecule has 0 spiro atoms. The molecule has 5 rings (SSSR count). The molecule has 0 bridgehead atoms. The molecule has 0 atom stereocenters. The Morgan fingerprint density at radius 2 is 1.74 bits per heavy atom. The van der Waals surface area contributed by atoms with Gasteiger partial charge in [0, 0.05) is 29.4 Å². The fourth-order valence-corrected chi connectivity index (χ4v) is 3.68.